The summed E-state index contributed by atoms with van der Waals surface area (Å²) in [7, 11) is 1.89. The monoisotopic (exact) mass is 393 g/mol. The first-order valence-corrected chi connectivity index (χ1v) is 3.15. The van der Waals surface area contributed by atoms with Gasteiger partial charge in [0.15, 0.2) is 0 Å². The van der Waals surface area contributed by atoms with Gasteiger partial charge in [-0.05, 0) is 13.6 Å². The maximum Gasteiger partial charge on any atom is 0 e. The molecule has 0 bridgehead atoms. The Morgan fingerprint density at radius 1 is 1.70 bits per heavy atom. The molecule has 0 spiro atoms. The normalized spacial score (nSPS) is 29.7. The van der Waals surface area contributed by atoms with Crippen LogP contribution >= 0.6 is 0 Å². The maximum atomic E-state index is 12.6. The number of nitrogens with two attached hydrogens (primary N) is 1. The fourth-order valence-electron chi connectivity index (χ4n) is 0.970. The zero-order valence-electron chi connectivity index (χ0n) is 5.86. The predicted molar refractivity (Wildman–Crippen MR) is 34.4 cm³/mol. The summed E-state index contributed by atoms with van der Waals surface area (Å²) in [5.74, 6) is 0. The molecule has 1 rings (SSSR count). The number of likely N-dealkylation sites (tertiary alicyclic amines) is 1. The standard InChI is InChI=1S/C6H12FN2.Lr/c1-9-3-2-6(8)5(7)4-9;/h6H,2-4,8H2,1H3;/q-1;/t6-;/m1./s1. The van der Waals surface area contributed by atoms with Gasteiger partial charge in [-0.3, -0.25) is 0 Å². The van der Waals surface area contributed by atoms with Crippen LogP contribution in [0.25, 0.3) is 0 Å². The van der Waals surface area contributed by atoms with Crippen LogP contribution in [0.15, 0.2) is 0 Å². The quantitative estimate of drug-likeness (QED) is 0.594. The van der Waals surface area contributed by atoms with Crippen molar-refractivity contribution in [3.05, 3.63) is 6.17 Å². The van der Waals surface area contributed by atoms with Gasteiger partial charge in [0.2, 0.25) is 0 Å². The third kappa shape index (κ3) is 1.67. The minimum Gasteiger partial charge on any atom is -0.453 e. The first-order valence-electron chi connectivity index (χ1n) is 3.15. The summed E-state index contributed by atoms with van der Waals surface area (Å²) in [6.45, 7) is 1.33. The Hall–Kier alpha value is -1.15. The van der Waals surface area contributed by atoms with Gasteiger partial charge < -0.3 is 15.0 Å². The van der Waals surface area contributed by atoms with E-state index in [0.29, 0.717) is 6.54 Å². The molecule has 1 aliphatic rings. The van der Waals surface area contributed by atoms with Crippen LogP contribution in [0, 0.1) is 6.17 Å². The van der Waals surface area contributed by atoms with Crippen LogP contribution in [0.3, 0.4) is 0 Å². The van der Waals surface area contributed by atoms with Crippen molar-refractivity contribution in [2.24, 2.45) is 5.73 Å². The number of hydrogen-bond acceptors (Lipinski definition) is 2. The molecular formula is C6H12FLrN2-. The third-order valence-corrected chi connectivity index (χ3v) is 1.65. The van der Waals surface area contributed by atoms with Crippen molar-refractivity contribution in [2.75, 3.05) is 20.1 Å². The summed E-state index contributed by atoms with van der Waals surface area (Å²) in [5, 5.41) is 0. The summed E-state index contributed by atoms with van der Waals surface area (Å²) in [6.07, 6.45) is 0.672. The number of piperidine rings is 1. The average molecular weight is 393 g/mol. The molecule has 1 heterocycles. The van der Waals surface area contributed by atoms with Crippen LogP contribution in [-0.2, 0) is 0 Å². The molecule has 1 radical (unpaired) electrons. The van der Waals surface area contributed by atoms with Crippen molar-refractivity contribution < 1.29 is 4.39 Å². The molecule has 1 saturated heterocycles. The molecule has 0 aromatic carbocycles. The Bertz CT molecular complexity index is 102. The Morgan fingerprint density at radius 2 is 2.30 bits per heavy atom. The van der Waals surface area contributed by atoms with Crippen molar-refractivity contribution in [2.45, 2.75) is 12.5 Å². The van der Waals surface area contributed by atoms with Crippen LogP contribution in [-0.4, -0.2) is 31.1 Å². The summed E-state index contributed by atoms with van der Waals surface area (Å²) < 4.78 is 12.6. The van der Waals surface area contributed by atoms with E-state index in [1.54, 1.807) is 0 Å². The Balaban J connectivity index is 0.000000810. The van der Waals surface area contributed by atoms with Crippen molar-refractivity contribution in [1.29, 1.82) is 0 Å². The minimum absolute atomic E-state index is 0. The zero-order valence-corrected chi connectivity index (χ0v) is 8.01. The molecule has 1 fully saturated rings. The SMILES string of the molecule is CN1CC[C@@H](N)[C-](F)C1.[Lr]. The van der Waals surface area contributed by atoms with E-state index in [0.717, 1.165) is 13.0 Å². The third-order valence-electron chi connectivity index (χ3n) is 1.65. The Morgan fingerprint density at radius 3 is 2.70 bits per heavy atom. The fourth-order valence-corrected chi connectivity index (χ4v) is 0.970. The van der Waals surface area contributed by atoms with Crippen LogP contribution in [0.1, 0.15) is 6.42 Å². The summed E-state index contributed by atoms with van der Waals surface area (Å²) in [5.41, 5.74) is 5.40. The van der Waals surface area contributed by atoms with E-state index in [4.69, 9.17) is 5.73 Å². The van der Waals surface area contributed by atoms with Gasteiger partial charge in [-0.2, -0.15) is 0 Å². The molecule has 0 aromatic rings. The predicted octanol–water partition coefficient (Wildman–Crippen LogP) is 0.151. The van der Waals surface area contributed by atoms with E-state index in [1.165, 1.54) is 0 Å². The molecule has 2 N–H and O–H groups in total. The molecule has 2 nitrogen and oxygen atoms in total. The molecule has 0 aromatic heterocycles. The van der Waals surface area contributed by atoms with Crippen LogP contribution in [0.5, 0.6) is 0 Å². The number of halogens is 1. The van der Waals surface area contributed by atoms with Gasteiger partial charge in [-0.25, -0.2) is 0 Å². The Kier molecular flexibility index (Phi) is 2.77. The van der Waals surface area contributed by atoms with Crippen LogP contribution in [0.4, 0.5) is 4.39 Å². The van der Waals surface area contributed by atoms with E-state index in [1.807, 2.05) is 11.9 Å². The van der Waals surface area contributed by atoms with Gasteiger partial charge in [0.05, 0.1) is 0 Å². The smallest absolute Gasteiger partial charge is 0 e. The fraction of sp³-hybridized carbons (Fsp3) is 0.833. The van der Waals surface area contributed by atoms with E-state index in [9.17, 15) is 4.39 Å². The second-order valence-electron chi connectivity index (χ2n) is 2.58. The van der Waals surface area contributed by atoms with Crippen molar-refractivity contribution in [3.8, 4) is 0 Å². The molecule has 0 unspecified atom stereocenters. The number of rotatable bonds is 0. The zero-order chi connectivity index (χ0) is 6.85. The number of nitrogens with zero attached hydrogens (tertiary/aromatic N) is 1. The van der Waals surface area contributed by atoms with Gasteiger partial charge in [0.1, 0.15) is 0 Å². The van der Waals surface area contributed by atoms with Gasteiger partial charge in [-0.15, -0.1) is 6.17 Å². The Labute approximate surface area is 54.8 Å². The van der Waals surface area contributed by atoms with Crippen molar-refractivity contribution >= 4 is 0 Å². The topological polar surface area (TPSA) is 29.3 Å². The second kappa shape index (κ2) is 3.13. The molecule has 0 amide bonds. The van der Waals surface area contributed by atoms with Gasteiger partial charge in [0, 0.05) is 0 Å². The summed E-state index contributed by atoms with van der Waals surface area (Å²) in [4.78, 5) is 1.93. The van der Waals surface area contributed by atoms with Gasteiger partial charge in [0.25, 0.3) is 0 Å². The van der Waals surface area contributed by atoms with Crippen molar-refractivity contribution in [3.63, 3.8) is 0 Å². The molecule has 4 heteroatoms. The van der Waals surface area contributed by atoms with Crippen LogP contribution in [0.2, 0.25) is 0 Å². The van der Waals surface area contributed by atoms with E-state index in [2.05, 4.69) is 0 Å². The number of hydrogen-bond donors (Lipinski definition) is 1. The molecule has 0 aliphatic carbocycles. The molecule has 69 valence electrons. The second-order valence-corrected chi connectivity index (χ2v) is 2.58. The summed E-state index contributed by atoms with van der Waals surface area (Å²) in [6, 6.07) is -0.304. The minimum atomic E-state index is -0.304. The average Bonchev–Trinajstić information content (AvgIpc) is 1.80. The maximum absolute atomic E-state index is 12.6. The van der Waals surface area contributed by atoms with E-state index >= 15 is 0 Å². The largest absolute Gasteiger partial charge is 0.453 e. The van der Waals surface area contributed by atoms with E-state index < -0.39 is 0 Å². The van der Waals surface area contributed by atoms with Crippen molar-refractivity contribution in [1.82, 2.24) is 4.90 Å². The molecule has 1 atom stereocenters. The molecule has 0 saturated carbocycles. The van der Waals surface area contributed by atoms with E-state index in [-0.39, 0.29) is 12.2 Å². The first kappa shape index (κ1) is 8.85. The van der Waals surface area contributed by atoms with Gasteiger partial charge >= 0.3 is 0 Å². The first-order chi connectivity index (χ1) is 4.20. The summed E-state index contributed by atoms with van der Waals surface area (Å²) >= 11 is 0. The molecule has 1 aliphatic heterocycles. The van der Waals surface area contributed by atoms with Crippen LogP contribution < -0.4 is 5.73 Å². The molecular weight excluding hydrogens is 381 g/mol. The van der Waals surface area contributed by atoms with Gasteiger partial charge in [-0.1, -0.05) is 19.0 Å². The molecule has 10 heavy (non-hydrogen) atoms.